The fraction of sp³-hybridized carbons (Fsp3) is 0. The highest BCUT2D eigenvalue weighted by atomic mass is 35.5. The molecule has 0 saturated carbocycles. The van der Waals surface area contributed by atoms with Gasteiger partial charge in [0, 0.05) is 23.5 Å². The van der Waals surface area contributed by atoms with Crippen LogP contribution in [0.3, 0.4) is 0 Å². The second kappa shape index (κ2) is 6.42. The maximum absolute atomic E-state index is 13.3. The molecule has 2 nitrogen and oxygen atoms in total. The minimum atomic E-state index is -1.49. The van der Waals surface area contributed by atoms with Crippen molar-refractivity contribution in [3.63, 3.8) is 0 Å². The fourth-order valence-corrected chi connectivity index (χ4v) is 1.19. The van der Waals surface area contributed by atoms with E-state index in [-0.39, 0.29) is 30.4 Å². The summed E-state index contributed by atoms with van der Waals surface area (Å²) in [6.07, 6.45) is 3.91. The molecule has 0 aliphatic carbocycles. The van der Waals surface area contributed by atoms with Gasteiger partial charge in [0.1, 0.15) is 6.33 Å². The Balaban J connectivity index is 0.00000128. The van der Waals surface area contributed by atoms with Crippen LogP contribution in [-0.4, -0.2) is 9.97 Å². The molecule has 0 spiro atoms. The summed E-state index contributed by atoms with van der Waals surface area (Å²) in [7, 11) is 0. The zero-order valence-electron chi connectivity index (χ0n) is 8.23. The van der Waals surface area contributed by atoms with Crippen molar-refractivity contribution in [1.29, 1.82) is 0 Å². The van der Waals surface area contributed by atoms with Crippen LogP contribution in [0.1, 0.15) is 0 Å². The van der Waals surface area contributed by atoms with E-state index in [0.29, 0.717) is 5.56 Å². The van der Waals surface area contributed by atoms with E-state index in [4.69, 9.17) is 0 Å². The Morgan fingerprint density at radius 3 is 2.00 bits per heavy atom. The van der Waals surface area contributed by atoms with Crippen molar-refractivity contribution in [2.75, 3.05) is 0 Å². The van der Waals surface area contributed by atoms with Gasteiger partial charge in [0.2, 0.25) is 0 Å². The van der Waals surface area contributed by atoms with Crippen molar-refractivity contribution in [3.8, 4) is 11.1 Å². The van der Waals surface area contributed by atoms with E-state index in [2.05, 4.69) is 9.97 Å². The second-order valence-electron chi connectivity index (χ2n) is 2.85. The summed E-state index contributed by atoms with van der Waals surface area (Å²) in [4.78, 5) is 7.32. The highest BCUT2D eigenvalue weighted by Gasteiger charge is 2.14. The van der Waals surface area contributed by atoms with Crippen molar-refractivity contribution >= 4 is 24.8 Å². The van der Waals surface area contributed by atoms with Crippen molar-refractivity contribution in [2.45, 2.75) is 0 Å². The van der Waals surface area contributed by atoms with E-state index in [9.17, 15) is 13.2 Å². The minimum absolute atomic E-state index is 0. The monoisotopic (exact) mass is 282 g/mol. The number of halogens is 5. The summed E-state index contributed by atoms with van der Waals surface area (Å²) in [5, 5.41) is 0. The first kappa shape index (κ1) is 15.7. The van der Waals surface area contributed by atoms with E-state index in [1.54, 1.807) is 0 Å². The van der Waals surface area contributed by atoms with Gasteiger partial charge in [-0.3, -0.25) is 0 Å². The molecular weight excluding hydrogens is 276 g/mol. The average molecular weight is 283 g/mol. The predicted octanol–water partition coefficient (Wildman–Crippen LogP) is 3.40. The van der Waals surface area contributed by atoms with E-state index in [1.807, 2.05) is 0 Å². The molecule has 0 unspecified atom stereocenters. The molecule has 17 heavy (non-hydrogen) atoms. The van der Waals surface area contributed by atoms with Gasteiger partial charge in [0.25, 0.3) is 0 Å². The maximum Gasteiger partial charge on any atom is 0.195 e. The van der Waals surface area contributed by atoms with Crippen molar-refractivity contribution < 1.29 is 13.2 Å². The Hall–Kier alpha value is -1.33. The van der Waals surface area contributed by atoms with Crippen LogP contribution in [0.2, 0.25) is 0 Å². The largest absolute Gasteiger partial charge is 0.244 e. The lowest BCUT2D eigenvalue weighted by Gasteiger charge is -2.03. The van der Waals surface area contributed by atoms with E-state index < -0.39 is 17.5 Å². The normalized spacial score (nSPS) is 9.12. The molecular formula is C10H7Cl2F3N2. The third kappa shape index (κ3) is 3.08. The molecule has 0 N–H and O–H groups in total. The van der Waals surface area contributed by atoms with E-state index in [1.165, 1.54) is 18.7 Å². The minimum Gasteiger partial charge on any atom is -0.244 e. The van der Waals surface area contributed by atoms with Crippen LogP contribution in [0, 0.1) is 17.5 Å². The van der Waals surface area contributed by atoms with Crippen molar-refractivity contribution in [2.24, 2.45) is 0 Å². The molecule has 0 amide bonds. The molecule has 0 radical (unpaired) electrons. The quantitative estimate of drug-likeness (QED) is 0.749. The molecule has 1 aromatic heterocycles. The van der Waals surface area contributed by atoms with Crippen LogP contribution in [-0.2, 0) is 0 Å². The summed E-state index contributed by atoms with van der Waals surface area (Å²) < 4.78 is 38.8. The summed E-state index contributed by atoms with van der Waals surface area (Å²) >= 11 is 0. The van der Waals surface area contributed by atoms with Crippen LogP contribution in [0.15, 0.2) is 30.9 Å². The van der Waals surface area contributed by atoms with Crippen LogP contribution in [0.25, 0.3) is 11.1 Å². The molecule has 0 saturated heterocycles. The number of rotatable bonds is 1. The van der Waals surface area contributed by atoms with Gasteiger partial charge >= 0.3 is 0 Å². The van der Waals surface area contributed by atoms with Gasteiger partial charge in [-0.15, -0.1) is 24.8 Å². The molecule has 0 fully saturated rings. The summed E-state index contributed by atoms with van der Waals surface area (Å²) in [5.41, 5.74) is 0.239. The highest BCUT2D eigenvalue weighted by molar-refractivity contribution is 5.85. The lowest BCUT2D eigenvalue weighted by atomic mass is 10.1. The topological polar surface area (TPSA) is 25.8 Å². The Labute approximate surface area is 108 Å². The number of hydrogen-bond donors (Lipinski definition) is 0. The van der Waals surface area contributed by atoms with Gasteiger partial charge in [-0.1, -0.05) is 0 Å². The first-order valence-electron chi connectivity index (χ1n) is 4.09. The SMILES string of the molecule is Cl.Cl.Fc1ccc(-c2cncnc2)c(F)c1F. The second-order valence-corrected chi connectivity index (χ2v) is 2.85. The molecule has 0 aliphatic rings. The van der Waals surface area contributed by atoms with Crippen LogP contribution < -0.4 is 0 Å². The average Bonchev–Trinajstić information content (AvgIpc) is 2.27. The predicted molar refractivity (Wildman–Crippen MR) is 61.8 cm³/mol. The summed E-state index contributed by atoms with van der Waals surface area (Å²) in [6.45, 7) is 0. The van der Waals surface area contributed by atoms with Crippen LogP contribution in [0.4, 0.5) is 13.2 Å². The van der Waals surface area contributed by atoms with E-state index >= 15 is 0 Å². The Kier molecular flexibility index (Phi) is 5.91. The van der Waals surface area contributed by atoms with Gasteiger partial charge in [-0.25, -0.2) is 23.1 Å². The Morgan fingerprint density at radius 2 is 1.41 bits per heavy atom. The summed E-state index contributed by atoms with van der Waals surface area (Å²) in [6, 6.07) is 2.01. The molecule has 0 aliphatic heterocycles. The maximum atomic E-state index is 13.3. The Bertz CT molecular complexity index is 494. The summed E-state index contributed by atoms with van der Waals surface area (Å²) in [5.74, 6) is -3.94. The van der Waals surface area contributed by atoms with Gasteiger partial charge in [0.15, 0.2) is 17.5 Å². The third-order valence-corrected chi connectivity index (χ3v) is 1.91. The number of hydrogen-bond acceptors (Lipinski definition) is 2. The fourth-order valence-electron chi connectivity index (χ4n) is 1.19. The molecule has 0 atom stereocenters. The molecule has 0 bridgehead atoms. The van der Waals surface area contributed by atoms with Crippen molar-refractivity contribution in [3.05, 3.63) is 48.3 Å². The lowest BCUT2D eigenvalue weighted by molar-refractivity contribution is 0.449. The van der Waals surface area contributed by atoms with Gasteiger partial charge in [-0.2, -0.15) is 0 Å². The lowest BCUT2D eigenvalue weighted by Crippen LogP contribution is -1.94. The van der Waals surface area contributed by atoms with Gasteiger partial charge in [0.05, 0.1) is 0 Å². The third-order valence-electron chi connectivity index (χ3n) is 1.91. The highest BCUT2D eigenvalue weighted by Crippen LogP contribution is 2.24. The number of benzene rings is 1. The molecule has 2 rings (SSSR count). The molecule has 1 heterocycles. The van der Waals surface area contributed by atoms with E-state index in [0.717, 1.165) is 12.1 Å². The molecule has 7 heteroatoms. The van der Waals surface area contributed by atoms with Gasteiger partial charge < -0.3 is 0 Å². The first-order chi connectivity index (χ1) is 7.20. The molecule has 92 valence electrons. The Morgan fingerprint density at radius 1 is 0.824 bits per heavy atom. The molecule has 1 aromatic carbocycles. The van der Waals surface area contributed by atoms with Gasteiger partial charge in [-0.05, 0) is 12.1 Å². The first-order valence-corrected chi connectivity index (χ1v) is 4.09. The number of nitrogens with zero attached hydrogens (tertiary/aromatic N) is 2. The van der Waals surface area contributed by atoms with Crippen LogP contribution >= 0.6 is 24.8 Å². The molecule has 2 aromatic rings. The number of aromatic nitrogens is 2. The zero-order chi connectivity index (χ0) is 10.8. The zero-order valence-corrected chi connectivity index (χ0v) is 9.86. The van der Waals surface area contributed by atoms with Crippen LogP contribution in [0.5, 0.6) is 0 Å². The van der Waals surface area contributed by atoms with Crippen molar-refractivity contribution in [1.82, 2.24) is 9.97 Å². The smallest absolute Gasteiger partial charge is 0.195 e. The standard InChI is InChI=1S/C10H5F3N2.2ClH/c11-8-2-1-7(9(12)10(8)13)6-3-14-5-15-4-6;;/h1-5H;2*1H.